The van der Waals surface area contributed by atoms with E-state index in [9.17, 15) is 9.59 Å². The van der Waals surface area contributed by atoms with Gasteiger partial charge in [0.25, 0.3) is 0 Å². The maximum absolute atomic E-state index is 12.8. The van der Waals surface area contributed by atoms with Gasteiger partial charge in [0.05, 0.1) is 0 Å². The highest BCUT2D eigenvalue weighted by Crippen LogP contribution is 2.44. The van der Waals surface area contributed by atoms with Gasteiger partial charge in [0.2, 0.25) is 11.8 Å². The summed E-state index contributed by atoms with van der Waals surface area (Å²) >= 11 is 0. The standard InChI is InChI=1S/C14H22N2O2/c1-8(10-4-5-10)16-9(2)12(17)15-14(3,13(16)18)11-6-7-11/h8-11H,4-7H2,1-3H3,(H,15,17). The monoisotopic (exact) mass is 250 g/mol. The van der Waals surface area contributed by atoms with Crippen LogP contribution in [0.1, 0.15) is 46.5 Å². The van der Waals surface area contributed by atoms with Crippen LogP contribution in [0.5, 0.6) is 0 Å². The van der Waals surface area contributed by atoms with Gasteiger partial charge in [-0.3, -0.25) is 9.59 Å². The number of carbonyl (C=O) groups excluding carboxylic acids is 2. The van der Waals surface area contributed by atoms with Crippen LogP contribution in [0.4, 0.5) is 0 Å². The van der Waals surface area contributed by atoms with E-state index < -0.39 is 5.54 Å². The molecule has 1 heterocycles. The van der Waals surface area contributed by atoms with Crippen LogP contribution in [-0.2, 0) is 9.59 Å². The molecule has 4 heteroatoms. The fourth-order valence-electron chi connectivity index (χ4n) is 3.27. The third-order valence-corrected chi connectivity index (χ3v) is 5.00. The summed E-state index contributed by atoms with van der Waals surface area (Å²) in [7, 11) is 0. The lowest BCUT2D eigenvalue weighted by Crippen LogP contribution is -2.71. The molecule has 3 atom stereocenters. The quantitative estimate of drug-likeness (QED) is 0.821. The predicted octanol–water partition coefficient (Wildman–Crippen LogP) is 1.30. The Balaban J connectivity index is 1.89. The number of nitrogens with zero attached hydrogens (tertiary/aromatic N) is 1. The Bertz CT molecular complexity index is 401. The zero-order chi connectivity index (χ0) is 13.1. The summed E-state index contributed by atoms with van der Waals surface area (Å²) in [6.07, 6.45) is 4.50. The molecule has 0 bridgehead atoms. The fourth-order valence-corrected chi connectivity index (χ4v) is 3.27. The van der Waals surface area contributed by atoms with Gasteiger partial charge in [-0.25, -0.2) is 0 Å². The summed E-state index contributed by atoms with van der Waals surface area (Å²) in [6.45, 7) is 5.85. The van der Waals surface area contributed by atoms with Gasteiger partial charge >= 0.3 is 0 Å². The largest absolute Gasteiger partial charge is 0.340 e. The fraction of sp³-hybridized carbons (Fsp3) is 0.857. The Labute approximate surface area is 108 Å². The van der Waals surface area contributed by atoms with Crippen LogP contribution in [0.25, 0.3) is 0 Å². The number of nitrogens with one attached hydrogen (secondary N) is 1. The van der Waals surface area contributed by atoms with Crippen molar-refractivity contribution in [3.05, 3.63) is 0 Å². The summed E-state index contributed by atoms with van der Waals surface area (Å²) in [6, 6.07) is -0.114. The van der Waals surface area contributed by atoms with Crippen LogP contribution in [-0.4, -0.2) is 34.3 Å². The van der Waals surface area contributed by atoms with Gasteiger partial charge < -0.3 is 10.2 Å². The molecule has 3 unspecified atom stereocenters. The van der Waals surface area contributed by atoms with Crippen LogP contribution >= 0.6 is 0 Å². The Kier molecular flexibility index (Phi) is 2.48. The number of carbonyl (C=O) groups is 2. The van der Waals surface area contributed by atoms with Gasteiger partial charge in [0.15, 0.2) is 0 Å². The van der Waals surface area contributed by atoms with Gasteiger partial charge in [-0.15, -0.1) is 0 Å². The zero-order valence-corrected chi connectivity index (χ0v) is 11.4. The number of rotatable bonds is 3. The van der Waals surface area contributed by atoms with Crippen LogP contribution in [0.2, 0.25) is 0 Å². The second kappa shape index (κ2) is 3.72. The molecule has 100 valence electrons. The first kappa shape index (κ1) is 12.0. The highest BCUT2D eigenvalue weighted by Gasteiger charge is 2.56. The van der Waals surface area contributed by atoms with Crippen molar-refractivity contribution >= 4 is 11.8 Å². The molecule has 0 aromatic heterocycles. The Morgan fingerprint density at radius 2 is 1.89 bits per heavy atom. The molecule has 3 rings (SSSR count). The number of piperazine rings is 1. The van der Waals surface area contributed by atoms with E-state index in [1.807, 2.05) is 18.7 Å². The first-order valence-corrected chi connectivity index (χ1v) is 7.10. The van der Waals surface area contributed by atoms with E-state index in [4.69, 9.17) is 0 Å². The molecule has 18 heavy (non-hydrogen) atoms. The summed E-state index contributed by atoms with van der Waals surface area (Å²) in [5, 5.41) is 2.97. The lowest BCUT2D eigenvalue weighted by Gasteiger charge is -2.46. The summed E-state index contributed by atoms with van der Waals surface area (Å²) < 4.78 is 0. The molecule has 4 nitrogen and oxygen atoms in total. The lowest BCUT2D eigenvalue weighted by molar-refractivity contribution is -0.157. The average molecular weight is 250 g/mol. The molecule has 2 amide bonds. The first-order valence-electron chi connectivity index (χ1n) is 7.10. The van der Waals surface area contributed by atoms with Gasteiger partial charge in [0, 0.05) is 6.04 Å². The summed E-state index contributed by atoms with van der Waals surface area (Å²) in [5.41, 5.74) is -0.646. The van der Waals surface area contributed by atoms with Crippen LogP contribution < -0.4 is 5.32 Å². The van der Waals surface area contributed by atoms with E-state index in [-0.39, 0.29) is 23.9 Å². The summed E-state index contributed by atoms with van der Waals surface area (Å²) in [4.78, 5) is 26.8. The highest BCUT2D eigenvalue weighted by molar-refractivity contribution is 6.00. The normalized spacial score (nSPS) is 38.6. The Hall–Kier alpha value is -1.06. The summed E-state index contributed by atoms with van der Waals surface area (Å²) in [5.74, 6) is 1.09. The third-order valence-electron chi connectivity index (χ3n) is 5.00. The van der Waals surface area contributed by atoms with Crippen molar-refractivity contribution in [2.75, 3.05) is 0 Å². The average Bonchev–Trinajstić information content (AvgIpc) is 3.19. The molecule has 0 radical (unpaired) electrons. The van der Waals surface area contributed by atoms with Gasteiger partial charge in [-0.2, -0.15) is 0 Å². The van der Waals surface area contributed by atoms with Crippen LogP contribution in [0, 0.1) is 11.8 Å². The zero-order valence-electron chi connectivity index (χ0n) is 11.4. The smallest absolute Gasteiger partial charge is 0.249 e. The second-order valence-electron chi connectivity index (χ2n) is 6.43. The minimum absolute atomic E-state index is 0.0106. The maximum atomic E-state index is 12.8. The number of hydrogen-bond donors (Lipinski definition) is 1. The van der Waals surface area contributed by atoms with Gasteiger partial charge in [-0.1, -0.05) is 0 Å². The molecule has 2 aliphatic carbocycles. The molecule has 2 saturated carbocycles. The van der Waals surface area contributed by atoms with Gasteiger partial charge in [-0.05, 0) is 58.3 Å². The van der Waals surface area contributed by atoms with E-state index >= 15 is 0 Å². The molecule has 0 spiro atoms. The minimum atomic E-state index is -0.646. The molecule has 1 N–H and O–H groups in total. The van der Waals surface area contributed by atoms with Crippen molar-refractivity contribution in [2.24, 2.45) is 11.8 Å². The van der Waals surface area contributed by atoms with Crippen LogP contribution in [0.15, 0.2) is 0 Å². The topological polar surface area (TPSA) is 49.4 Å². The van der Waals surface area contributed by atoms with E-state index in [1.54, 1.807) is 0 Å². The molecular weight excluding hydrogens is 228 g/mol. The second-order valence-corrected chi connectivity index (χ2v) is 6.43. The molecule has 3 fully saturated rings. The lowest BCUT2D eigenvalue weighted by atomic mass is 9.88. The third kappa shape index (κ3) is 1.65. The SMILES string of the molecule is CC1C(=O)NC(C)(C2CC2)C(=O)N1C(C)C1CC1. The van der Waals surface area contributed by atoms with E-state index in [0.29, 0.717) is 11.8 Å². The Morgan fingerprint density at radius 3 is 2.39 bits per heavy atom. The number of amides is 2. The highest BCUT2D eigenvalue weighted by atomic mass is 16.2. The molecule has 1 saturated heterocycles. The molecular formula is C14H22N2O2. The van der Waals surface area contributed by atoms with Crippen molar-refractivity contribution in [1.29, 1.82) is 0 Å². The van der Waals surface area contributed by atoms with Crippen molar-refractivity contribution < 1.29 is 9.59 Å². The molecule has 0 aromatic rings. The predicted molar refractivity (Wildman–Crippen MR) is 67.8 cm³/mol. The molecule has 1 aliphatic heterocycles. The van der Waals surface area contributed by atoms with Crippen molar-refractivity contribution in [2.45, 2.75) is 64.1 Å². The maximum Gasteiger partial charge on any atom is 0.249 e. The first-order chi connectivity index (χ1) is 8.45. The van der Waals surface area contributed by atoms with E-state index in [2.05, 4.69) is 12.2 Å². The van der Waals surface area contributed by atoms with Gasteiger partial charge in [0.1, 0.15) is 11.6 Å². The van der Waals surface area contributed by atoms with E-state index in [0.717, 1.165) is 12.8 Å². The number of hydrogen-bond acceptors (Lipinski definition) is 2. The van der Waals surface area contributed by atoms with Crippen molar-refractivity contribution in [1.82, 2.24) is 10.2 Å². The molecule has 0 aromatic carbocycles. The van der Waals surface area contributed by atoms with E-state index in [1.165, 1.54) is 12.8 Å². The minimum Gasteiger partial charge on any atom is -0.340 e. The van der Waals surface area contributed by atoms with Crippen molar-refractivity contribution in [3.63, 3.8) is 0 Å². The van der Waals surface area contributed by atoms with Crippen molar-refractivity contribution in [3.8, 4) is 0 Å². The Morgan fingerprint density at radius 1 is 1.28 bits per heavy atom. The van der Waals surface area contributed by atoms with Crippen LogP contribution in [0.3, 0.4) is 0 Å². The molecule has 3 aliphatic rings.